The predicted molar refractivity (Wildman–Crippen MR) is 125 cm³/mol. The quantitative estimate of drug-likeness (QED) is 0.474. The lowest BCUT2D eigenvalue weighted by molar-refractivity contribution is 0.0947. The molecule has 0 bridgehead atoms. The van der Waals surface area contributed by atoms with E-state index in [-0.39, 0.29) is 12.5 Å². The van der Waals surface area contributed by atoms with Gasteiger partial charge in [0.05, 0.1) is 32.1 Å². The molecule has 7 nitrogen and oxygen atoms in total. The summed E-state index contributed by atoms with van der Waals surface area (Å²) < 4.78 is 36.7. The number of ether oxygens (including phenoxy) is 2. The van der Waals surface area contributed by atoms with Gasteiger partial charge in [0.1, 0.15) is 6.61 Å². The van der Waals surface area contributed by atoms with E-state index < -0.39 is 10.0 Å². The summed E-state index contributed by atoms with van der Waals surface area (Å²) >= 11 is 0. The molecule has 3 aromatic carbocycles. The van der Waals surface area contributed by atoms with Crippen LogP contribution in [0, 0.1) is 0 Å². The fourth-order valence-corrected chi connectivity index (χ4v) is 3.98. The number of anilines is 1. The van der Waals surface area contributed by atoms with E-state index in [9.17, 15) is 13.2 Å². The largest absolute Gasteiger partial charge is 0.493 e. The van der Waals surface area contributed by atoms with Gasteiger partial charge in [0.25, 0.3) is 5.91 Å². The average molecular weight is 455 g/mol. The normalized spacial score (nSPS) is 10.9. The van der Waals surface area contributed by atoms with Crippen LogP contribution in [-0.2, 0) is 16.6 Å². The maximum absolute atomic E-state index is 12.4. The van der Waals surface area contributed by atoms with Crippen molar-refractivity contribution in [3.8, 4) is 11.5 Å². The Kier molecular flexibility index (Phi) is 7.72. The van der Waals surface area contributed by atoms with Gasteiger partial charge in [0.2, 0.25) is 10.0 Å². The van der Waals surface area contributed by atoms with Crippen molar-refractivity contribution in [2.75, 3.05) is 30.8 Å². The average Bonchev–Trinajstić information content (AvgIpc) is 2.80. The second-order valence-electron chi connectivity index (χ2n) is 7.06. The van der Waals surface area contributed by atoms with Gasteiger partial charge in [-0.05, 0) is 42.0 Å². The molecule has 0 saturated heterocycles. The van der Waals surface area contributed by atoms with Crippen molar-refractivity contribution in [1.82, 2.24) is 5.32 Å². The number of carbonyl (C=O) groups is 1. The van der Waals surface area contributed by atoms with Gasteiger partial charge in [-0.3, -0.25) is 9.10 Å². The fourth-order valence-electron chi connectivity index (χ4n) is 3.09. The van der Waals surface area contributed by atoms with Gasteiger partial charge in [0.15, 0.2) is 11.5 Å². The number of hydrogen-bond donors (Lipinski definition) is 1. The molecule has 32 heavy (non-hydrogen) atoms. The Labute approximate surface area is 188 Å². The molecule has 0 atom stereocenters. The Morgan fingerprint density at radius 2 is 1.53 bits per heavy atom. The Hall–Kier alpha value is -3.52. The van der Waals surface area contributed by atoms with Crippen molar-refractivity contribution >= 4 is 21.6 Å². The summed E-state index contributed by atoms with van der Waals surface area (Å²) in [6.07, 6.45) is 1.18. The van der Waals surface area contributed by atoms with Gasteiger partial charge in [0, 0.05) is 5.56 Å². The first-order valence-corrected chi connectivity index (χ1v) is 11.9. The lowest BCUT2D eigenvalue weighted by Crippen LogP contribution is -2.29. The maximum atomic E-state index is 12.4. The van der Waals surface area contributed by atoms with Crippen LogP contribution < -0.4 is 19.1 Å². The molecule has 0 fully saturated rings. The van der Waals surface area contributed by atoms with Crippen LogP contribution in [0.3, 0.4) is 0 Å². The number of carbonyl (C=O) groups excluding carboxylic acids is 1. The van der Waals surface area contributed by atoms with Gasteiger partial charge >= 0.3 is 0 Å². The smallest absolute Gasteiger partial charge is 0.251 e. The first-order valence-electron chi connectivity index (χ1n) is 10.0. The van der Waals surface area contributed by atoms with E-state index in [1.807, 2.05) is 18.2 Å². The summed E-state index contributed by atoms with van der Waals surface area (Å²) in [4.78, 5) is 12.4. The second kappa shape index (κ2) is 10.7. The molecule has 0 aliphatic heterocycles. The van der Waals surface area contributed by atoms with Crippen molar-refractivity contribution in [3.05, 3.63) is 90.0 Å². The van der Waals surface area contributed by atoms with Crippen LogP contribution in [0.4, 0.5) is 5.69 Å². The van der Waals surface area contributed by atoms with Crippen LogP contribution >= 0.6 is 0 Å². The first kappa shape index (κ1) is 23.1. The van der Waals surface area contributed by atoms with E-state index >= 15 is 0 Å². The molecule has 1 amide bonds. The van der Waals surface area contributed by atoms with Gasteiger partial charge < -0.3 is 14.8 Å². The van der Waals surface area contributed by atoms with E-state index in [0.717, 1.165) is 5.56 Å². The number of sulfonamides is 1. The highest BCUT2D eigenvalue weighted by Gasteiger charge is 2.17. The van der Waals surface area contributed by atoms with E-state index in [0.29, 0.717) is 35.9 Å². The predicted octanol–water partition coefficient (Wildman–Crippen LogP) is 3.47. The SMILES string of the molecule is COc1ccccc1OCCNC(=O)c1ccc(CN(c2ccccc2)S(C)(=O)=O)cc1. The lowest BCUT2D eigenvalue weighted by atomic mass is 10.1. The Bertz CT molecular complexity index is 1130. The summed E-state index contributed by atoms with van der Waals surface area (Å²) in [5, 5.41) is 2.81. The van der Waals surface area contributed by atoms with Gasteiger partial charge in [-0.2, -0.15) is 0 Å². The standard InChI is InChI=1S/C24H26N2O5S/c1-30-22-10-6-7-11-23(22)31-17-16-25-24(27)20-14-12-19(13-15-20)18-26(32(2,28)29)21-8-4-3-5-9-21/h3-15H,16-18H2,1-2H3,(H,25,27). The highest BCUT2D eigenvalue weighted by Crippen LogP contribution is 2.25. The minimum Gasteiger partial charge on any atom is -0.493 e. The third-order valence-corrected chi connectivity index (χ3v) is 5.84. The maximum Gasteiger partial charge on any atom is 0.251 e. The molecule has 0 radical (unpaired) electrons. The molecule has 0 aliphatic rings. The van der Waals surface area contributed by atoms with Crippen LogP contribution in [0.5, 0.6) is 11.5 Å². The first-order chi connectivity index (χ1) is 15.4. The van der Waals surface area contributed by atoms with Crippen LogP contribution in [0.15, 0.2) is 78.9 Å². The number of para-hydroxylation sites is 3. The molecule has 0 aliphatic carbocycles. The Morgan fingerprint density at radius 3 is 2.16 bits per heavy atom. The van der Waals surface area contributed by atoms with Crippen molar-refractivity contribution < 1.29 is 22.7 Å². The molecule has 0 aromatic heterocycles. The molecule has 8 heteroatoms. The van der Waals surface area contributed by atoms with Crippen molar-refractivity contribution in [3.63, 3.8) is 0 Å². The van der Waals surface area contributed by atoms with E-state index in [4.69, 9.17) is 9.47 Å². The molecule has 1 N–H and O–H groups in total. The summed E-state index contributed by atoms with van der Waals surface area (Å²) in [5.74, 6) is 1.01. The molecule has 0 saturated carbocycles. The number of nitrogens with one attached hydrogen (secondary N) is 1. The lowest BCUT2D eigenvalue weighted by Gasteiger charge is -2.22. The Balaban J connectivity index is 1.56. The van der Waals surface area contributed by atoms with Crippen LogP contribution in [0.1, 0.15) is 15.9 Å². The summed E-state index contributed by atoms with van der Waals surface area (Å²) in [6.45, 7) is 0.802. The minimum absolute atomic E-state index is 0.178. The second-order valence-corrected chi connectivity index (χ2v) is 8.96. The molecular formula is C24H26N2O5S. The third-order valence-electron chi connectivity index (χ3n) is 4.70. The fraction of sp³-hybridized carbons (Fsp3) is 0.208. The summed E-state index contributed by atoms with van der Waals surface area (Å²) in [6, 6.07) is 23.1. The van der Waals surface area contributed by atoms with Crippen molar-refractivity contribution in [1.29, 1.82) is 0 Å². The zero-order valence-electron chi connectivity index (χ0n) is 18.0. The molecule has 3 rings (SSSR count). The molecule has 3 aromatic rings. The van der Waals surface area contributed by atoms with Gasteiger partial charge in [-0.25, -0.2) is 8.42 Å². The summed E-state index contributed by atoms with van der Waals surface area (Å²) in [5.41, 5.74) is 1.85. The number of hydrogen-bond acceptors (Lipinski definition) is 5. The zero-order valence-corrected chi connectivity index (χ0v) is 18.8. The monoisotopic (exact) mass is 454 g/mol. The molecule has 0 unspecified atom stereocenters. The number of rotatable bonds is 10. The zero-order chi connectivity index (χ0) is 23.0. The van der Waals surface area contributed by atoms with Crippen LogP contribution in [0.25, 0.3) is 0 Å². The molecular weight excluding hydrogens is 428 g/mol. The molecule has 0 spiro atoms. The van der Waals surface area contributed by atoms with Crippen molar-refractivity contribution in [2.45, 2.75) is 6.54 Å². The van der Waals surface area contributed by atoms with Gasteiger partial charge in [-0.15, -0.1) is 0 Å². The number of nitrogens with zero attached hydrogens (tertiary/aromatic N) is 1. The van der Waals surface area contributed by atoms with Crippen LogP contribution in [0.2, 0.25) is 0 Å². The highest BCUT2D eigenvalue weighted by molar-refractivity contribution is 7.92. The van der Waals surface area contributed by atoms with Crippen molar-refractivity contribution in [2.24, 2.45) is 0 Å². The van der Waals surface area contributed by atoms with E-state index in [1.54, 1.807) is 67.8 Å². The highest BCUT2D eigenvalue weighted by atomic mass is 32.2. The summed E-state index contributed by atoms with van der Waals surface area (Å²) in [7, 11) is -1.88. The topological polar surface area (TPSA) is 84.9 Å². The number of benzene rings is 3. The minimum atomic E-state index is -3.45. The number of amides is 1. The van der Waals surface area contributed by atoms with E-state index in [1.165, 1.54) is 10.6 Å². The molecule has 0 heterocycles. The number of methoxy groups -OCH3 is 1. The molecule has 168 valence electrons. The van der Waals surface area contributed by atoms with Gasteiger partial charge in [-0.1, -0.05) is 42.5 Å². The van der Waals surface area contributed by atoms with Crippen LogP contribution in [-0.4, -0.2) is 40.8 Å². The van der Waals surface area contributed by atoms with E-state index in [2.05, 4.69) is 5.32 Å². The third kappa shape index (κ3) is 6.24. The Morgan fingerprint density at radius 1 is 0.906 bits per heavy atom.